The van der Waals surface area contributed by atoms with E-state index in [1.807, 2.05) is 0 Å². The van der Waals surface area contributed by atoms with Gasteiger partial charge in [-0.25, -0.2) is 0 Å². The van der Waals surface area contributed by atoms with Gasteiger partial charge < -0.3 is 20.4 Å². The number of hydrogen-bond acceptors (Lipinski definition) is 2. The molecule has 1 aliphatic heterocycles. The molecule has 0 atom stereocenters. The summed E-state index contributed by atoms with van der Waals surface area (Å²) in [5.41, 5.74) is 0. The molecule has 0 aromatic heterocycles. The van der Waals surface area contributed by atoms with Crippen molar-refractivity contribution in [3.05, 3.63) is 23.2 Å². The van der Waals surface area contributed by atoms with Crippen LogP contribution < -0.4 is 103 Å². The summed E-state index contributed by atoms with van der Waals surface area (Å²) in [6.07, 6.45) is 0. The third kappa shape index (κ3) is 4.31. The summed E-state index contributed by atoms with van der Waals surface area (Å²) in [6.45, 7) is 3.34. The van der Waals surface area contributed by atoms with Gasteiger partial charge in [0.2, 0.25) is 0 Å². The zero-order valence-electron chi connectivity index (χ0n) is 7.37. The monoisotopic (exact) mass is 217 g/mol. The number of urea groups is 1. The van der Waals surface area contributed by atoms with Crippen LogP contribution in [0.2, 0.25) is 0 Å². The molecule has 1 fully saturated rings. The Balaban J connectivity index is 0. The Morgan fingerprint density at radius 3 is 2.50 bits per heavy atom. The second-order valence-electron chi connectivity index (χ2n) is 1.73. The second kappa shape index (κ2) is 7.10. The Bertz CT molecular complexity index is 199. The number of carbonyl (C=O) groups is 1. The maximum absolute atomic E-state index is 10.7. The van der Waals surface area contributed by atoms with Crippen molar-refractivity contribution in [2.45, 2.75) is 0 Å². The molecule has 1 aliphatic rings. The summed E-state index contributed by atoms with van der Waals surface area (Å²) in [5.74, 6) is 0.0671. The Hall–Kier alpha value is 1.75. The van der Waals surface area contributed by atoms with Crippen LogP contribution in [0.25, 0.3) is 10.7 Å². The van der Waals surface area contributed by atoms with Crippen LogP contribution in [0.3, 0.4) is 0 Å². The minimum atomic E-state index is -0.659. The van der Waals surface area contributed by atoms with E-state index in [-0.39, 0.29) is 109 Å². The minimum Gasteiger partial charge on any atom is -0.792 e. The van der Waals surface area contributed by atoms with Gasteiger partial charge in [0.25, 0.3) is 0 Å². The molecular formula is C5H5K2N3O2. The summed E-state index contributed by atoms with van der Waals surface area (Å²) in [7, 11) is 1.45. The maximum Gasteiger partial charge on any atom is 1.00 e. The molecular weight excluding hydrogens is 212 g/mol. The molecule has 1 heterocycles. The number of rotatable bonds is 0. The van der Waals surface area contributed by atoms with Gasteiger partial charge >= 0.3 is 103 Å². The molecule has 0 aromatic rings. The third-order valence-electron chi connectivity index (χ3n) is 1.06. The van der Waals surface area contributed by atoms with Crippen LogP contribution in [0, 0.1) is 0 Å². The van der Waals surface area contributed by atoms with Crippen molar-refractivity contribution in [1.29, 1.82) is 0 Å². The molecule has 0 bridgehead atoms. The van der Waals surface area contributed by atoms with Crippen LogP contribution in [0.1, 0.15) is 0 Å². The average Bonchev–Trinajstić information content (AvgIpc) is 1.82. The van der Waals surface area contributed by atoms with E-state index in [9.17, 15) is 4.79 Å². The molecule has 0 aromatic carbocycles. The fraction of sp³-hybridized carbons (Fsp3) is 0.200. The SMILES string of the molecule is C=C1OC(=[N-])[N-]C(=O)N1C.[K+].[K+]. The number of amides is 2. The molecule has 1 saturated heterocycles. The topological polar surface area (TPSA) is 65.9 Å². The van der Waals surface area contributed by atoms with Gasteiger partial charge in [-0.2, -0.15) is 0 Å². The summed E-state index contributed by atoms with van der Waals surface area (Å²) in [4.78, 5) is 11.7. The van der Waals surface area contributed by atoms with Crippen LogP contribution in [-0.2, 0) is 4.74 Å². The van der Waals surface area contributed by atoms with Crippen molar-refractivity contribution in [2.24, 2.45) is 0 Å². The van der Waals surface area contributed by atoms with Crippen LogP contribution in [0.15, 0.2) is 12.5 Å². The molecule has 12 heavy (non-hydrogen) atoms. The minimum absolute atomic E-state index is 0. The first kappa shape index (κ1) is 16.2. The smallest absolute Gasteiger partial charge is 0.792 e. The number of carbonyl (C=O) groups excluding carboxylic acids is 1. The van der Waals surface area contributed by atoms with Crippen molar-refractivity contribution >= 4 is 12.1 Å². The fourth-order valence-electron chi connectivity index (χ4n) is 0.460. The van der Waals surface area contributed by atoms with Gasteiger partial charge in [-0.1, -0.05) is 0 Å². The summed E-state index contributed by atoms with van der Waals surface area (Å²) < 4.78 is 4.48. The third-order valence-corrected chi connectivity index (χ3v) is 1.06. The molecule has 54 valence electrons. The van der Waals surface area contributed by atoms with Crippen LogP contribution in [0.5, 0.6) is 0 Å². The van der Waals surface area contributed by atoms with Gasteiger partial charge in [0.1, 0.15) is 0 Å². The average molecular weight is 217 g/mol. The first-order chi connectivity index (χ1) is 4.61. The van der Waals surface area contributed by atoms with E-state index in [1.165, 1.54) is 7.05 Å². The van der Waals surface area contributed by atoms with E-state index in [0.29, 0.717) is 0 Å². The number of nitrogens with zero attached hydrogens (tertiary/aromatic N) is 3. The summed E-state index contributed by atoms with van der Waals surface area (Å²) >= 11 is 0. The van der Waals surface area contributed by atoms with Gasteiger partial charge in [-0.15, -0.1) is 6.02 Å². The standard InChI is InChI=1S/C5H6N3O2.2K/c1-3-8(2)5(9)7-4(6)10-3;;/h1H2,2H3,(H-,6,7,9);;/q-1;2*+1/p-1. The van der Waals surface area contributed by atoms with E-state index < -0.39 is 12.1 Å². The van der Waals surface area contributed by atoms with E-state index in [4.69, 9.17) is 5.41 Å². The van der Waals surface area contributed by atoms with Crippen LogP contribution >= 0.6 is 0 Å². The van der Waals surface area contributed by atoms with Crippen molar-refractivity contribution in [3.8, 4) is 0 Å². The molecule has 1 rings (SSSR count). The van der Waals surface area contributed by atoms with Gasteiger partial charge in [0.15, 0.2) is 11.9 Å². The molecule has 0 unspecified atom stereocenters. The Labute approximate surface area is 156 Å². The number of ether oxygens (including phenoxy) is 1. The molecule has 0 saturated carbocycles. The van der Waals surface area contributed by atoms with Crippen molar-refractivity contribution in [2.75, 3.05) is 7.05 Å². The number of amidine groups is 1. The fourth-order valence-corrected chi connectivity index (χ4v) is 0.460. The molecule has 0 spiro atoms. The number of hydrogen-bond donors (Lipinski definition) is 0. The van der Waals surface area contributed by atoms with E-state index in [1.54, 1.807) is 0 Å². The van der Waals surface area contributed by atoms with Gasteiger partial charge in [-0.05, 0) is 6.58 Å². The summed E-state index contributed by atoms with van der Waals surface area (Å²) in [5, 5.41) is 11.7. The Morgan fingerprint density at radius 1 is 1.58 bits per heavy atom. The Morgan fingerprint density at radius 2 is 2.08 bits per heavy atom. The predicted octanol–water partition coefficient (Wildman–Crippen LogP) is -5.15. The normalized spacial score (nSPS) is 15.4. The van der Waals surface area contributed by atoms with E-state index >= 15 is 0 Å². The molecule has 0 aliphatic carbocycles. The quantitative estimate of drug-likeness (QED) is 0.381. The molecule has 0 N–H and O–H groups in total. The molecule has 5 nitrogen and oxygen atoms in total. The zero-order chi connectivity index (χ0) is 7.72. The van der Waals surface area contributed by atoms with Crippen molar-refractivity contribution < 1.29 is 112 Å². The van der Waals surface area contributed by atoms with Crippen molar-refractivity contribution in [3.63, 3.8) is 0 Å². The maximum atomic E-state index is 10.7. The zero-order valence-corrected chi connectivity index (χ0v) is 13.6. The van der Waals surface area contributed by atoms with Crippen molar-refractivity contribution in [1.82, 2.24) is 4.90 Å². The van der Waals surface area contributed by atoms with Crippen LogP contribution in [0.4, 0.5) is 4.79 Å². The second-order valence-corrected chi connectivity index (χ2v) is 1.73. The van der Waals surface area contributed by atoms with E-state index in [0.717, 1.165) is 4.90 Å². The van der Waals surface area contributed by atoms with Gasteiger partial charge in [-0.3, -0.25) is 4.79 Å². The first-order valence-electron chi connectivity index (χ1n) is 2.53. The molecule has 2 amide bonds. The molecule has 7 heteroatoms. The van der Waals surface area contributed by atoms with Crippen LogP contribution in [-0.4, -0.2) is 24.0 Å². The van der Waals surface area contributed by atoms with Gasteiger partial charge in [0.05, 0.1) is 0 Å². The molecule has 0 radical (unpaired) electrons. The largest absolute Gasteiger partial charge is 1.00 e. The first-order valence-corrected chi connectivity index (χ1v) is 2.53. The Kier molecular flexibility index (Phi) is 9.58. The van der Waals surface area contributed by atoms with Gasteiger partial charge in [0, 0.05) is 7.05 Å². The predicted molar refractivity (Wildman–Crippen MR) is 35.1 cm³/mol. The van der Waals surface area contributed by atoms with E-state index in [2.05, 4.69) is 16.6 Å². The summed E-state index contributed by atoms with van der Waals surface area (Å²) in [6, 6.07) is -1.25.